The Morgan fingerprint density at radius 3 is 2.18 bits per heavy atom. The first kappa shape index (κ1) is 22.8. The van der Waals surface area contributed by atoms with Crippen LogP contribution in [-0.2, 0) is 14.3 Å². The fourth-order valence-corrected chi connectivity index (χ4v) is 4.70. The first-order chi connectivity index (χ1) is 15.9. The van der Waals surface area contributed by atoms with E-state index in [4.69, 9.17) is 4.74 Å². The fourth-order valence-electron chi connectivity index (χ4n) is 4.70. The molecule has 1 aliphatic carbocycles. The van der Waals surface area contributed by atoms with Crippen LogP contribution in [0.25, 0.3) is 11.1 Å². The van der Waals surface area contributed by atoms with Crippen LogP contribution >= 0.6 is 0 Å². The van der Waals surface area contributed by atoms with Gasteiger partial charge in [-0.05, 0) is 48.4 Å². The van der Waals surface area contributed by atoms with Gasteiger partial charge < -0.3 is 20.1 Å². The van der Waals surface area contributed by atoms with Crippen LogP contribution < -0.4 is 5.32 Å². The van der Waals surface area contributed by atoms with Gasteiger partial charge in [0.25, 0.3) is 0 Å². The molecular formula is C26H30N2O5. The van der Waals surface area contributed by atoms with Crippen molar-refractivity contribution in [2.45, 2.75) is 38.5 Å². The van der Waals surface area contributed by atoms with Crippen molar-refractivity contribution in [1.82, 2.24) is 10.2 Å². The summed E-state index contributed by atoms with van der Waals surface area (Å²) in [6, 6.07) is 16.4. The second-order valence-corrected chi connectivity index (χ2v) is 9.10. The minimum absolute atomic E-state index is 0.00299. The van der Waals surface area contributed by atoms with Gasteiger partial charge in [0.2, 0.25) is 5.91 Å². The number of amides is 2. The normalized spacial score (nSPS) is 16.6. The lowest BCUT2D eigenvalue weighted by Crippen LogP contribution is -2.45. The van der Waals surface area contributed by atoms with E-state index >= 15 is 0 Å². The molecule has 2 N–H and O–H groups in total. The van der Waals surface area contributed by atoms with E-state index < -0.39 is 17.5 Å². The predicted molar refractivity (Wildman–Crippen MR) is 124 cm³/mol. The average Bonchev–Trinajstić information content (AvgIpc) is 3.14. The molecule has 0 atom stereocenters. The van der Waals surface area contributed by atoms with Crippen LogP contribution in [0.3, 0.4) is 0 Å². The highest BCUT2D eigenvalue weighted by Gasteiger charge is 2.37. The number of carbonyl (C=O) groups excluding carboxylic acids is 2. The molecule has 2 aromatic carbocycles. The van der Waals surface area contributed by atoms with Crippen molar-refractivity contribution in [2.75, 3.05) is 26.2 Å². The van der Waals surface area contributed by atoms with Crippen LogP contribution in [0.15, 0.2) is 48.5 Å². The van der Waals surface area contributed by atoms with Crippen LogP contribution in [0, 0.1) is 5.41 Å². The summed E-state index contributed by atoms with van der Waals surface area (Å²) >= 11 is 0. The van der Waals surface area contributed by atoms with Crippen LogP contribution in [-0.4, -0.2) is 54.2 Å². The lowest BCUT2D eigenvalue weighted by Gasteiger charge is -2.36. The number of carboxylic acid groups (broad SMARTS) is 1. The van der Waals surface area contributed by atoms with E-state index in [0.717, 1.165) is 11.1 Å². The molecule has 7 nitrogen and oxygen atoms in total. The van der Waals surface area contributed by atoms with Gasteiger partial charge in [0, 0.05) is 32.0 Å². The minimum Gasteiger partial charge on any atom is -0.481 e. The zero-order valence-electron chi connectivity index (χ0n) is 18.9. The summed E-state index contributed by atoms with van der Waals surface area (Å²) in [6.07, 6.45) is 1.26. The third-order valence-corrected chi connectivity index (χ3v) is 6.92. The number of nitrogens with zero attached hydrogens (tertiary/aromatic N) is 1. The Morgan fingerprint density at radius 2 is 1.61 bits per heavy atom. The number of alkyl carbamates (subject to hydrolysis) is 1. The minimum atomic E-state index is -0.804. The number of hydrogen-bond donors (Lipinski definition) is 2. The summed E-state index contributed by atoms with van der Waals surface area (Å²) in [5.41, 5.74) is 3.95. The number of aliphatic carboxylic acids is 1. The Hall–Kier alpha value is -3.35. The van der Waals surface area contributed by atoms with Crippen LogP contribution in [0.5, 0.6) is 0 Å². The van der Waals surface area contributed by atoms with E-state index in [0.29, 0.717) is 45.3 Å². The third kappa shape index (κ3) is 4.87. The molecule has 4 rings (SSSR count). The van der Waals surface area contributed by atoms with Gasteiger partial charge in [-0.15, -0.1) is 0 Å². The first-order valence-corrected chi connectivity index (χ1v) is 11.5. The predicted octanol–water partition coefficient (Wildman–Crippen LogP) is 4.02. The number of nitrogens with one attached hydrogen (secondary N) is 1. The molecule has 1 saturated heterocycles. The first-order valence-electron chi connectivity index (χ1n) is 11.5. The maximum absolute atomic E-state index is 12.4. The molecule has 0 spiro atoms. The molecule has 2 aromatic rings. The highest BCUT2D eigenvalue weighted by molar-refractivity contribution is 5.79. The molecule has 1 aliphatic heterocycles. The number of fused-ring (bicyclic) bond motifs is 3. The fraction of sp³-hybridized carbons (Fsp3) is 0.423. The zero-order chi connectivity index (χ0) is 23.4. The number of carbonyl (C=O) groups is 3. The van der Waals surface area contributed by atoms with Crippen molar-refractivity contribution in [3.63, 3.8) is 0 Å². The molecule has 0 aromatic heterocycles. The lowest BCUT2D eigenvalue weighted by molar-refractivity contribution is -0.153. The number of rotatable bonds is 7. The maximum atomic E-state index is 12.4. The highest BCUT2D eigenvalue weighted by Crippen LogP contribution is 2.44. The van der Waals surface area contributed by atoms with Crippen molar-refractivity contribution in [3.8, 4) is 11.1 Å². The molecule has 33 heavy (non-hydrogen) atoms. The molecule has 2 amide bonds. The van der Waals surface area contributed by atoms with Crippen molar-refractivity contribution in [3.05, 3.63) is 59.7 Å². The second kappa shape index (κ2) is 9.65. The summed E-state index contributed by atoms with van der Waals surface area (Å²) in [7, 11) is 0. The quantitative estimate of drug-likeness (QED) is 0.621. The Kier molecular flexibility index (Phi) is 6.67. The van der Waals surface area contributed by atoms with Gasteiger partial charge in [0.1, 0.15) is 6.61 Å². The average molecular weight is 451 g/mol. The summed E-state index contributed by atoms with van der Waals surface area (Å²) < 4.78 is 5.51. The number of hydrogen-bond acceptors (Lipinski definition) is 4. The van der Waals surface area contributed by atoms with Crippen LogP contribution in [0.4, 0.5) is 4.79 Å². The van der Waals surface area contributed by atoms with E-state index in [1.54, 1.807) is 11.8 Å². The van der Waals surface area contributed by atoms with Gasteiger partial charge in [0.05, 0.1) is 5.41 Å². The third-order valence-electron chi connectivity index (χ3n) is 6.92. The molecule has 0 saturated carbocycles. The van der Waals surface area contributed by atoms with Crippen LogP contribution in [0.2, 0.25) is 0 Å². The van der Waals surface area contributed by atoms with E-state index in [1.807, 2.05) is 24.3 Å². The summed E-state index contributed by atoms with van der Waals surface area (Å²) in [5, 5.41) is 12.0. The molecule has 1 fully saturated rings. The Balaban J connectivity index is 1.19. The van der Waals surface area contributed by atoms with Crippen LogP contribution in [0.1, 0.15) is 49.7 Å². The standard InChI is InChI=1S/C26H30N2O5/c1-26(24(30)31)12-15-28(16-13-26)23(29)11-6-14-27-25(32)33-17-22-20-9-4-2-7-18(20)19-8-3-5-10-21(19)22/h2-5,7-10,22H,6,11-17H2,1H3,(H,27,32)(H,30,31). The summed E-state index contributed by atoms with van der Waals surface area (Å²) in [5.74, 6) is -0.793. The molecule has 174 valence electrons. The molecule has 0 radical (unpaired) electrons. The van der Waals surface area contributed by atoms with Crippen molar-refractivity contribution >= 4 is 18.0 Å². The van der Waals surface area contributed by atoms with Gasteiger partial charge in [-0.1, -0.05) is 48.5 Å². The molecule has 0 bridgehead atoms. The number of piperidine rings is 1. The summed E-state index contributed by atoms with van der Waals surface area (Å²) in [4.78, 5) is 37.7. The second-order valence-electron chi connectivity index (χ2n) is 9.10. The van der Waals surface area contributed by atoms with E-state index in [1.165, 1.54) is 11.1 Å². The van der Waals surface area contributed by atoms with Gasteiger partial charge in [0.15, 0.2) is 0 Å². The topological polar surface area (TPSA) is 95.9 Å². The van der Waals surface area contributed by atoms with Crippen molar-refractivity contribution in [2.24, 2.45) is 5.41 Å². The lowest BCUT2D eigenvalue weighted by atomic mass is 9.80. The monoisotopic (exact) mass is 450 g/mol. The van der Waals surface area contributed by atoms with Crippen molar-refractivity contribution < 1.29 is 24.2 Å². The Labute approximate surface area is 193 Å². The number of ether oxygens (including phenoxy) is 1. The van der Waals surface area contributed by atoms with Gasteiger partial charge >= 0.3 is 12.1 Å². The molecule has 2 aliphatic rings. The largest absolute Gasteiger partial charge is 0.481 e. The van der Waals surface area contributed by atoms with Gasteiger partial charge in [-0.25, -0.2) is 4.79 Å². The highest BCUT2D eigenvalue weighted by atomic mass is 16.5. The zero-order valence-corrected chi connectivity index (χ0v) is 18.9. The van der Waals surface area contributed by atoms with Crippen molar-refractivity contribution in [1.29, 1.82) is 0 Å². The molecule has 1 heterocycles. The van der Waals surface area contributed by atoms with Gasteiger partial charge in [-0.3, -0.25) is 9.59 Å². The Bertz CT molecular complexity index is 997. The van der Waals surface area contributed by atoms with E-state index in [2.05, 4.69) is 29.6 Å². The van der Waals surface area contributed by atoms with E-state index in [9.17, 15) is 19.5 Å². The molecular weight excluding hydrogens is 420 g/mol. The SMILES string of the molecule is CC1(C(=O)O)CCN(C(=O)CCCNC(=O)OCC2c3ccccc3-c3ccccc32)CC1. The van der Waals surface area contributed by atoms with E-state index in [-0.39, 0.29) is 18.4 Å². The maximum Gasteiger partial charge on any atom is 0.407 e. The summed E-state index contributed by atoms with van der Waals surface area (Å²) in [6.45, 7) is 3.26. The Morgan fingerprint density at radius 1 is 1.03 bits per heavy atom. The van der Waals surface area contributed by atoms with Gasteiger partial charge in [-0.2, -0.15) is 0 Å². The molecule has 7 heteroatoms. The smallest absolute Gasteiger partial charge is 0.407 e. The number of benzene rings is 2. The number of carboxylic acids is 1. The molecule has 0 unspecified atom stereocenters. The number of likely N-dealkylation sites (tertiary alicyclic amines) is 1.